The summed E-state index contributed by atoms with van der Waals surface area (Å²) in [5.41, 5.74) is 0.983. The molecule has 0 saturated carbocycles. The van der Waals surface area contributed by atoms with Crippen molar-refractivity contribution in [3.63, 3.8) is 0 Å². The molecule has 0 aliphatic heterocycles. The van der Waals surface area contributed by atoms with Gasteiger partial charge in [-0.3, -0.25) is 9.36 Å². The number of ether oxygens (including phenoxy) is 1. The lowest BCUT2D eigenvalue weighted by Gasteiger charge is -2.29. The second-order valence-electron chi connectivity index (χ2n) is 6.06. The molecule has 2 aromatic carbocycles. The summed E-state index contributed by atoms with van der Waals surface area (Å²) in [7, 11) is 1.24. The molecule has 0 N–H and O–H groups in total. The largest absolute Gasteiger partial charge is 0.496 e. The number of hydrogen-bond acceptors (Lipinski definition) is 3. The zero-order valence-corrected chi connectivity index (χ0v) is 15.6. The van der Waals surface area contributed by atoms with Crippen LogP contribution in [0.25, 0.3) is 0 Å². The molecule has 0 amide bonds. The fourth-order valence-electron chi connectivity index (χ4n) is 2.88. The molecule has 24 heavy (non-hydrogen) atoms. The Morgan fingerprint density at radius 2 is 1.83 bits per heavy atom. The highest BCUT2D eigenvalue weighted by atomic mass is 35.5. The lowest BCUT2D eigenvalue weighted by Crippen LogP contribution is -2.32. The van der Waals surface area contributed by atoms with E-state index in [0.29, 0.717) is 22.8 Å². The summed E-state index contributed by atoms with van der Waals surface area (Å²) in [6, 6.07) is 14.3. The first-order chi connectivity index (χ1) is 11.5. The van der Waals surface area contributed by atoms with Gasteiger partial charge < -0.3 is 4.74 Å². The Morgan fingerprint density at radius 1 is 1.17 bits per heavy atom. The van der Waals surface area contributed by atoms with Crippen LogP contribution in [0.3, 0.4) is 0 Å². The maximum atomic E-state index is 13.5. The predicted molar refractivity (Wildman–Crippen MR) is 97.5 cm³/mol. The number of benzene rings is 2. The molecule has 5 heteroatoms. The van der Waals surface area contributed by atoms with Gasteiger partial charge in [0.1, 0.15) is 10.9 Å². The molecule has 0 aromatic heterocycles. The maximum Gasteiger partial charge on any atom is 0.190 e. The monoisotopic (exact) mass is 362 g/mol. The molecule has 0 heterocycles. The van der Waals surface area contributed by atoms with E-state index in [1.165, 1.54) is 7.11 Å². The van der Waals surface area contributed by atoms with Gasteiger partial charge in [-0.15, -0.1) is 0 Å². The summed E-state index contributed by atoms with van der Waals surface area (Å²) in [5, 5.41) is -0.889. The van der Waals surface area contributed by atoms with Crippen LogP contribution in [0, 0.1) is 5.92 Å². The van der Waals surface area contributed by atoms with Crippen molar-refractivity contribution in [3.8, 4) is 5.75 Å². The quantitative estimate of drug-likeness (QED) is 0.464. The van der Waals surface area contributed by atoms with Crippen molar-refractivity contribution < 1.29 is 14.1 Å². The average molecular weight is 363 g/mol. The third-order valence-corrected chi connectivity index (χ3v) is 5.18. The van der Waals surface area contributed by atoms with Gasteiger partial charge in [0.2, 0.25) is 0 Å². The van der Waals surface area contributed by atoms with Crippen molar-refractivity contribution >= 4 is 25.8 Å². The van der Waals surface area contributed by atoms with E-state index >= 15 is 0 Å². The molecule has 1 unspecified atom stereocenters. The Balaban J connectivity index is 2.69. The lowest BCUT2D eigenvalue weighted by atomic mass is 9.83. The topological polar surface area (TPSA) is 43.4 Å². The summed E-state index contributed by atoms with van der Waals surface area (Å²) < 4.78 is 17.6. The molecular weight excluding hydrogens is 343 g/mol. The van der Waals surface area contributed by atoms with Crippen LogP contribution in [0.5, 0.6) is 5.75 Å². The van der Waals surface area contributed by atoms with Gasteiger partial charge in [-0.2, -0.15) is 0 Å². The SMILES string of the molecule is COc1cccc(Cl)c1C(=O)C(CC(C)C)(P=O)c1ccccc1. The molecule has 2 rings (SSSR count). The fraction of sp³-hybridized carbons (Fsp3) is 0.316. The Labute approximate surface area is 149 Å². The van der Waals surface area contributed by atoms with Crippen molar-refractivity contribution in [3.05, 3.63) is 64.7 Å². The van der Waals surface area contributed by atoms with E-state index in [1.807, 2.05) is 44.2 Å². The molecule has 126 valence electrons. The second kappa shape index (κ2) is 7.92. The van der Waals surface area contributed by atoms with Crippen molar-refractivity contribution in [2.45, 2.75) is 25.4 Å². The van der Waals surface area contributed by atoms with Gasteiger partial charge in [0, 0.05) is 0 Å². The minimum atomic E-state index is -1.19. The van der Waals surface area contributed by atoms with Crippen molar-refractivity contribution in [2.24, 2.45) is 5.92 Å². The average Bonchev–Trinajstić information content (AvgIpc) is 2.59. The van der Waals surface area contributed by atoms with E-state index in [4.69, 9.17) is 16.3 Å². The Bertz CT molecular complexity index is 731. The summed E-state index contributed by atoms with van der Waals surface area (Å²) in [6.45, 7) is 4.00. The first kappa shape index (κ1) is 18.6. The molecule has 0 spiro atoms. The molecule has 2 aromatic rings. The van der Waals surface area contributed by atoms with Crippen molar-refractivity contribution in [1.29, 1.82) is 0 Å². The van der Waals surface area contributed by atoms with Crippen molar-refractivity contribution in [2.75, 3.05) is 7.11 Å². The number of Topliss-reactive ketones (excluding diaryl/α,β-unsaturated/α-hetero) is 1. The fourth-order valence-corrected chi connectivity index (χ4v) is 4.02. The number of methoxy groups -OCH3 is 1. The standard InChI is InChI=1S/C19H20ClO3P/c1-13(2)12-19(24-22,14-8-5-4-6-9-14)18(21)17-15(20)10-7-11-16(17)23-3/h4-11,13H,12H2,1-3H3. The minimum Gasteiger partial charge on any atom is -0.496 e. The third-order valence-electron chi connectivity index (χ3n) is 3.91. The van der Waals surface area contributed by atoms with Gasteiger partial charge in [0.25, 0.3) is 0 Å². The first-order valence-corrected chi connectivity index (χ1v) is 8.92. The summed E-state index contributed by atoms with van der Waals surface area (Å²) >= 11 is 6.28. The highest BCUT2D eigenvalue weighted by molar-refractivity contribution is 7.27. The Kier molecular flexibility index (Phi) is 6.15. The van der Waals surface area contributed by atoms with Crippen LogP contribution in [0.4, 0.5) is 0 Å². The van der Waals surface area contributed by atoms with Crippen LogP contribution >= 0.6 is 20.1 Å². The van der Waals surface area contributed by atoms with E-state index in [0.717, 1.165) is 0 Å². The van der Waals surface area contributed by atoms with E-state index in [9.17, 15) is 9.36 Å². The second-order valence-corrected chi connectivity index (χ2v) is 7.41. The molecule has 0 radical (unpaired) electrons. The highest BCUT2D eigenvalue weighted by Crippen LogP contribution is 2.46. The Morgan fingerprint density at radius 3 is 2.38 bits per heavy atom. The van der Waals surface area contributed by atoms with Gasteiger partial charge in [-0.1, -0.05) is 61.8 Å². The van der Waals surface area contributed by atoms with Gasteiger partial charge in [0.15, 0.2) is 14.2 Å². The normalized spacial score (nSPS) is 13.7. The predicted octanol–water partition coefficient (Wildman–Crippen LogP) is 5.76. The molecule has 0 aliphatic carbocycles. The number of rotatable bonds is 7. The highest BCUT2D eigenvalue weighted by Gasteiger charge is 2.44. The van der Waals surface area contributed by atoms with Crippen LogP contribution in [-0.2, 0) is 9.72 Å². The smallest absolute Gasteiger partial charge is 0.190 e. The number of halogens is 1. The van der Waals surface area contributed by atoms with Crippen LogP contribution in [0.1, 0.15) is 36.2 Å². The summed E-state index contributed by atoms with van der Waals surface area (Å²) in [5.74, 6) is 0.269. The van der Waals surface area contributed by atoms with E-state index in [-0.39, 0.29) is 25.7 Å². The lowest BCUT2D eigenvalue weighted by molar-refractivity contribution is 0.0922. The van der Waals surface area contributed by atoms with Crippen LogP contribution in [0.15, 0.2) is 48.5 Å². The number of hydrogen-bond donors (Lipinski definition) is 0. The number of ketones is 1. The van der Waals surface area contributed by atoms with Gasteiger partial charge in [-0.05, 0) is 30.0 Å². The van der Waals surface area contributed by atoms with Gasteiger partial charge in [-0.25, -0.2) is 0 Å². The number of carbonyl (C=O) groups is 1. The Hall–Kier alpha value is -1.70. The summed E-state index contributed by atoms with van der Waals surface area (Å²) in [6.07, 6.45) is 0.440. The minimum absolute atomic E-state index is 0.170. The van der Waals surface area contributed by atoms with E-state index in [1.54, 1.807) is 18.2 Å². The number of carbonyl (C=O) groups excluding carboxylic acids is 1. The molecule has 3 nitrogen and oxygen atoms in total. The third kappa shape index (κ3) is 3.53. The van der Waals surface area contributed by atoms with E-state index < -0.39 is 5.16 Å². The zero-order chi connectivity index (χ0) is 17.7. The molecule has 0 aliphatic rings. The molecule has 0 fully saturated rings. The van der Waals surface area contributed by atoms with Crippen LogP contribution in [0.2, 0.25) is 5.02 Å². The van der Waals surface area contributed by atoms with Gasteiger partial charge in [0.05, 0.1) is 17.7 Å². The summed E-state index contributed by atoms with van der Waals surface area (Å²) in [4.78, 5) is 13.5. The van der Waals surface area contributed by atoms with Crippen LogP contribution < -0.4 is 4.74 Å². The maximum absolute atomic E-state index is 13.5. The molecule has 0 saturated heterocycles. The first-order valence-electron chi connectivity index (χ1n) is 7.73. The van der Waals surface area contributed by atoms with Crippen molar-refractivity contribution in [1.82, 2.24) is 0 Å². The van der Waals surface area contributed by atoms with E-state index in [2.05, 4.69) is 0 Å². The zero-order valence-electron chi connectivity index (χ0n) is 14.0. The molecule has 0 bridgehead atoms. The van der Waals surface area contributed by atoms with Gasteiger partial charge >= 0.3 is 0 Å². The molecule has 1 atom stereocenters. The van der Waals surface area contributed by atoms with Crippen LogP contribution in [-0.4, -0.2) is 12.9 Å². The molecular formula is C19H20ClO3P.